The number of rotatable bonds is 7. The van der Waals surface area contributed by atoms with Gasteiger partial charge in [0.05, 0.1) is 36.2 Å². The molecule has 10 nitrogen and oxygen atoms in total. The second-order valence-corrected chi connectivity index (χ2v) is 7.34. The minimum Gasteiger partial charge on any atom is -0.328 e. The highest BCUT2D eigenvalue weighted by Gasteiger charge is 2.13. The molecule has 11 heteroatoms. The van der Waals surface area contributed by atoms with Gasteiger partial charge in [0.1, 0.15) is 5.00 Å². The van der Waals surface area contributed by atoms with Crippen molar-refractivity contribution in [3.05, 3.63) is 70.7 Å². The number of hydrogen-bond acceptors (Lipinski definition) is 9. The van der Waals surface area contributed by atoms with Crippen LogP contribution in [0.15, 0.2) is 53.1 Å². The topological polar surface area (TPSA) is 114 Å². The Balaban J connectivity index is 1.62. The second-order valence-electron chi connectivity index (χ2n) is 6.54. The summed E-state index contributed by atoms with van der Waals surface area (Å²) < 4.78 is 7.90. The number of nitrogens with zero attached hydrogens (tertiary/aromatic N) is 7. The van der Waals surface area contributed by atoms with Crippen LogP contribution in [0.5, 0.6) is 0 Å². The Kier molecular flexibility index (Phi) is 5.35. The number of hydrazone groups is 1. The molecule has 4 aromatic rings. The van der Waals surface area contributed by atoms with Crippen molar-refractivity contribution in [3.8, 4) is 0 Å². The molecular formula is C19H19N9OS. The van der Waals surface area contributed by atoms with E-state index in [9.17, 15) is 4.79 Å². The summed E-state index contributed by atoms with van der Waals surface area (Å²) in [7, 11) is 0. The lowest BCUT2D eigenvalue weighted by atomic mass is 10.2. The highest BCUT2D eigenvalue weighted by atomic mass is 32.1. The fourth-order valence-electron chi connectivity index (χ4n) is 2.93. The van der Waals surface area contributed by atoms with Crippen LogP contribution in [0.25, 0.3) is 11.2 Å². The van der Waals surface area contributed by atoms with E-state index in [0.29, 0.717) is 18.0 Å². The van der Waals surface area contributed by atoms with E-state index >= 15 is 0 Å². The summed E-state index contributed by atoms with van der Waals surface area (Å²) in [5.41, 5.74) is 6.76. The van der Waals surface area contributed by atoms with Crippen LogP contribution in [-0.4, -0.2) is 35.0 Å². The average Bonchev–Trinajstić information content (AvgIpc) is 3.35. The fourth-order valence-corrected chi connectivity index (χ4v) is 3.59. The number of aromatic nitrogens is 6. The lowest BCUT2D eigenvalue weighted by Gasteiger charge is -2.08. The normalized spacial score (nSPS) is 11.6. The maximum Gasteiger partial charge on any atom is 0.253 e. The van der Waals surface area contributed by atoms with Crippen molar-refractivity contribution < 1.29 is 0 Å². The summed E-state index contributed by atoms with van der Waals surface area (Å²) in [4.78, 5) is 25.0. The lowest BCUT2D eigenvalue weighted by molar-refractivity contribution is 0.725. The van der Waals surface area contributed by atoms with Gasteiger partial charge >= 0.3 is 0 Å². The van der Waals surface area contributed by atoms with E-state index in [4.69, 9.17) is 0 Å². The molecule has 0 radical (unpaired) electrons. The predicted octanol–water partition coefficient (Wildman–Crippen LogP) is 2.41. The molecule has 0 spiro atoms. The van der Waals surface area contributed by atoms with Gasteiger partial charge in [0.25, 0.3) is 5.56 Å². The Hall–Kier alpha value is -3.86. The second kappa shape index (κ2) is 8.25. The summed E-state index contributed by atoms with van der Waals surface area (Å²) in [5, 5.41) is 7.73. The molecular weight excluding hydrogens is 402 g/mol. The van der Waals surface area contributed by atoms with E-state index in [1.54, 1.807) is 12.4 Å². The first-order valence-corrected chi connectivity index (χ1v) is 9.78. The zero-order valence-corrected chi connectivity index (χ0v) is 17.2. The van der Waals surface area contributed by atoms with Gasteiger partial charge in [0.15, 0.2) is 11.5 Å². The molecule has 0 unspecified atom stereocenters. The number of nitrogens with one attached hydrogen (secondary N) is 2. The Morgan fingerprint density at radius 1 is 1.43 bits per heavy atom. The minimum atomic E-state index is -0.121. The Morgan fingerprint density at radius 3 is 3.10 bits per heavy atom. The smallest absolute Gasteiger partial charge is 0.253 e. The van der Waals surface area contributed by atoms with Gasteiger partial charge in [0.2, 0.25) is 0 Å². The van der Waals surface area contributed by atoms with Crippen molar-refractivity contribution in [2.24, 2.45) is 5.10 Å². The van der Waals surface area contributed by atoms with Gasteiger partial charge in [-0.05, 0) is 37.0 Å². The largest absolute Gasteiger partial charge is 0.328 e. The number of fused-ring (bicyclic) bond motifs is 1. The molecule has 0 fully saturated rings. The van der Waals surface area contributed by atoms with Crippen LogP contribution in [0.3, 0.4) is 0 Å². The number of imidazole rings is 1. The first-order chi connectivity index (χ1) is 14.5. The lowest BCUT2D eigenvalue weighted by Crippen LogP contribution is -2.19. The molecule has 0 aliphatic rings. The fraction of sp³-hybridized carbons (Fsp3) is 0.158. The molecule has 4 rings (SSSR count). The van der Waals surface area contributed by atoms with Gasteiger partial charge in [-0.15, -0.1) is 0 Å². The van der Waals surface area contributed by atoms with Crippen molar-refractivity contribution >= 4 is 40.3 Å². The molecule has 0 amide bonds. The van der Waals surface area contributed by atoms with Gasteiger partial charge in [0, 0.05) is 31.4 Å². The first kappa shape index (κ1) is 19.5. The summed E-state index contributed by atoms with van der Waals surface area (Å²) in [6.45, 7) is 7.64. The summed E-state index contributed by atoms with van der Waals surface area (Å²) in [6.07, 6.45) is 8.44. The molecule has 0 aliphatic heterocycles. The number of allylic oxidation sites excluding steroid dienone is 1. The third-order valence-corrected chi connectivity index (χ3v) is 5.06. The molecule has 4 heterocycles. The first-order valence-electron chi connectivity index (χ1n) is 9.01. The number of hydrogen-bond donors (Lipinski definition) is 2. The van der Waals surface area contributed by atoms with Gasteiger partial charge in [-0.1, -0.05) is 0 Å². The van der Waals surface area contributed by atoms with E-state index in [1.165, 1.54) is 34.7 Å². The van der Waals surface area contributed by atoms with E-state index in [-0.39, 0.29) is 5.56 Å². The zero-order chi connectivity index (χ0) is 21.1. The average molecular weight is 421 g/mol. The van der Waals surface area contributed by atoms with Crippen LogP contribution in [0.1, 0.15) is 24.0 Å². The van der Waals surface area contributed by atoms with E-state index in [1.807, 2.05) is 30.5 Å². The van der Waals surface area contributed by atoms with Crippen LogP contribution >= 0.6 is 11.5 Å². The molecule has 0 aliphatic carbocycles. The van der Waals surface area contributed by atoms with Crippen molar-refractivity contribution in [2.75, 3.05) is 5.32 Å². The SMILES string of the molecule is C=NN/C=C(\C)c1cnc2c(Nc3cc(Cn4cnccc4=O)ns3)nc(C)cn12. The van der Waals surface area contributed by atoms with Crippen LogP contribution in [-0.2, 0) is 6.54 Å². The molecule has 30 heavy (non-hydrogen) atoms. The van der Waals surface area contributed by atoms with Gasteiger partial charge in [-0.25, -0.2) is 15.0 Å². The number of anilines is 2. The number of aryl methyl sites for hydroxylation is 1. The van der Waals surface area contributed by atoms with Crippen molar-refractivity contribution in [1.29, 1.82) is 0 Å². The van der Waals surface area contributed by atoms with E-state index < -0.39 is 0 Å². The standard InChI is InChI=1S/C19H19N9OS/c1-12(7-23-20-3)15-8-22-19-18(24-13(2)9-28(15)19)25-16-6-14(26-30-16)10-27-11-21-5-4-17(27)29/h4-9,11,23H,3,10H2,1-2H3,(H,24,25)/b12-7+. The summed E-state index contributed by atoms with van der Waals surface area (Å²) >= 11 is 1.29. The van der Waals surface area contributed by atoms with Crippen molar-refractivity contribution in [3.63, 3.8) is 0 Å². The van der Waals surface area contributed by atoms with E-state index in [2.05, 4.69) is 41.9 Å². The van der Waals surface area contributed by atoms with Crippen LogP contribution in [0.2, 0.25) is 0 Å². The maximum atomic E-state index is 11.9. The summed E-state index contributed by atoms with van der Waals surface area (Å²) in [6, 6.07) is 3.31. The zero-order valence-electron chi connectivity index (χ0n) is 16.4. The van der Waals surface area contributed by atoms with Gasteiger partial charge < -0.3 is 5.32 Å². The van der Waals surface area contributed by atoms with Crippen LogP contribution < -0.4 is 16.3 Å². The predicted molar refractivity (Wildman–Crippen MR) is 117 cm³/mol. The monoisotopic (exact) mass is 421 g/mol. The molecule has 2 N–H and O–H groups in total. The molecule has 0 saturated heterocycles. The van der Waals surface area contributed by atoms with Crippen LogP contribution in [0.4, 0.5) is 10.8 Å². The van der Waals surface area contributed by atoms with Crippen LogP contribution in [0, 0.1) is 6.92 Å². The van der Waals surface area contributed by atoms with Gasteiger partial charge in [-0.2, -0.15) is 9.47 Å². The molecule has 4 aromatic heterocycles. The molecule has 0 bridgehead atoms. The quantitative estimate of drug-likeness (QED) is 0.348. The summed E-state index contributed by atoms with van der Waals surface area (Å²) in [5.74, 6) is 0.623. The van der Waals surface area contributed by atoms with Crippen molar-refractivity contribution in [1.82, 2.24) is 33.7 Å². The Labute approximate surface area is 175 Å². The Morgan fingerprint density at radius 2 is 2.30 bits per heavy atom. The van der Waals surface area contributed by atoms with Crippen molar-refractivity contribution in [2.45, 2.75) is 20.4 Å². The highest BCUT2D eigenvalue weighted by Crippen LogP contribution is 2.26. The Bertz CT molecular complexity index is 1300. The molecule has 0 aromatic carbocycles. The third-order valence-electron chi connectivity index (χ3n) is 4.31. The molecule has 0 saturated carbocycles. The van der Waals surface area contributed by atoms with Gasteiger partial charge in [-0.3, -0.25) is 19.2 Å². The minimum absolute atomic E-state index is 0.121. The third kappa shape index (κ3) is 3.96. The maximum absolute atomic E-state index is 11.9. The molecule has 0 atom stereocenters. The molecule has 152 valence electrons. The van der Waals surface area contributed by atoms with E-state index in [0.717, 1.165) is 27.7 Å². The highest BCUT2D eigenvalue weighted by molar-refractivity contribution is 7.10.